The zero-order valence-corrected chi connectivity index (χ0v) is 13.2. The van der Waals surface area contributed by atoms with E-state index in [9.17, 15) is 17.9 Å². The molecule has 1 N–H and O–H groups in total. The van der Waals surface area contributed by atoms with E-state index in [1.807, 2.05) is 0 Å². The van der Waals surface area contributed by atoms with Gasteiger partial charge in [0, 0.05) is 13.1 Å². The highest BCUT2D eigenvalue weighted by Crippen LogP contribution is 2.28. The first kappa shape index (κ1) is 16.4. The average molecular weight is 317 g/mol. The maximum absolute atomic E-state index is 13.2. The van der Waals surface area contributed by atoms with Crippen LogP contribution in [0.3, 0.4) is 0 Å². The smallest absolute Gasteiger partial charge is 0.243 e. The molecule has 0 aromatic heterocycles. The Hall–Kier alpha value is -1.02. The molecule has 0 radical (unpaired) electrons. The molecule has 7 heteroatoms. The van der Waals surface area contributed by atoms with Gasteiger partial charge in [-0.25, -0.2) is 12.8 Å². The number of benzene rings is 1. The molecule has 1 heterocycles. The van der Waals surface area contributed by atoms with Crippen LogP contribution in [0.1, 0.15) is 19.4 Å². The lowest BCUT2D eigenvalue weighted by atomic mass is 10.1. The number of halogens is 1. The number of aryl methyl sites for hydroxylation is 1. The van der Waals surface area contributed by atoms with Gasteiger partial charge in [0.15, 0.2) is 0 Å². The highest BCUT2D eigenvalue weighted by molar-refractivity contribution is 7.89. The molecule has 0 amide bonds. The molecule has 21 heavy (non-hydrogen) atoms. The summed E-state index contributed by atoms with van der Waals surface area (Å²) in [5.74, 6) is -0.470. The van der Waals surface area contributed by atoms with Crippen LogP contribution < -0.4 is 0 Å². The lowest BCUT2D eigenvalue weighted by Crippen LogP contribution is -2.55. The number of ether oxygens (including phenoxy) is 1. The van der Waals surface area contributed by atoms with Gasteiger partial charge in [-0.05, 0) is 44.5 Å². The highest BCUT2D eigenvalue weighted by atomic mass is 32.2. The largest absolute Gasteiger partial charge is 0.394 e. The van der Waals surface area contributed by atoms with Crippen molar-refractivity contribution in [3.05, 3.63) is 29.6 Å². The van der Waals surface area contributed by atoms with Crippen LogP contribution in [0.4, 0.5) is 4.39 Å². The number of hydrogen-bond donors (Lipinski definition) is 1. The van der Waals surface area contributed by atoms with Gasteiger partial charge in [-0.15, -0.1) is 0 Å². The van der Waals surface area contributed by atoms with Gasteiger partial charge in [-0.3, -0.25) is 0 Å². The van der Waals surface area contributed by atoms with Crippen molar-refractivity contribution in [2.24, 2.45) is 0 Å². The van der Waals surface area contributed by atoms with Crippen LogP contribution in [0, 0.1) is 12.7 Å². The van der Waals surface area contributed by atoms with Crippen LogP contribution >= 0.6 is 0 Å². The Morgan fingerprint density at radius 2 is 2.14 bits per heavy atom. The lowest BCUT2D eigenvalue weighted by molar-refractivity contribution is -0.131. The van der Waals surface area contributed by atoms with Crippen LogP contribution in [-0.2, 0) is 14.8 Å². The molecule has 1 aliphatic heterocycles. The summed E-state index contributed by atoms with van der Waals surface area (Å²) >= 11 is 0. The minimum Gasteiger partial charge on any atom is -0.394 e. The second-order valence-corrected chi connectivity index (χ2v) is 7.80. The van der Waals surface area contributed by atoms with E-state index in [0.717, 1.165) is 6.07 Å². The van der Waals surface area contributed by atoms with Gasteiger partial charge in [0.1, 0.15) is 5.82 Å². The van der Waals surface area contributed by atoms with Gasteiger partial charge in [0.2, 0.25) is 10.0 Å². The van der Waals surface area contributed by atoms with E-state index in [1.54, 1.807) is 20.8 Å². The number of morpholine rings is 1. The number of rotatable bonds is 3. The predicted molar refractivity (Wildman–Crippen MR) is 75.9 cm³/mol. The number of hydrogen-bond acceptors (Lipinski definition) is 4. The van der Waals surface area contributed by atoms with Crippen molar-refractivity contribution in [2.45, 2.75) is 37.4 Å². The van der Waals surface area contributed by atoms with E-state index in [2.05, 4.69) is 0 Å². The minimum absolute atomic E-state index is 0.0817. The zero-order chi connectivity index (χ0) is 15.8. The summed E-state index contributed by atoms with van der Waals surface area (Å²) in [6, 6.07) is 3.60. The molecule has 0 aliphatic carbocycles. The van der Waals surface area contributed by atoms with E-state index in [4.69, 9.17) is 4.74 Å². The second-order valence-electron chi connectivity index (χ2n) is 5.89. The Bertz CT molecular complexity index is 630. The molecule has 0 spiro atoms. The van der Waals surface area contributed by atoms with Crippen molar-refractivity contribution in [3.8, 4) is 0 Å². The quantitative estimate of drug-likeness (QED) is 0.912. The average Bonchev–Trinajstić information content (AvgIpc) is 2.36. The van der Waals surface area contributed by atoms with E-state index in [0.29, 0.717) is 5.56 Å². The van der Waals surface area contributed by atoms with Gasteiger partial charge in [0.25, 0.3) is 0 Å². The molecule has 1 unspecified atom stereocenters. The standard InChI is InChI=1S/C14H20FNO4S/c1-10-6-11(15)4-5-13(10)21(18,19)16-7-12(8-17)20-14(2,3)9-16/h4-6,12,17H,7-9H2,1-3H3. The molecule has 1 atom stereocenters. The third-order valence-corrected chi connectivity index (χ3v) is 5.38. The Balaban J connectivity index is 2.38. The first-order chi connectivity index (χ1) is 9.65. The third kappa shape index (κ3) is 3.42. The van der Waals surface area contributed by atoms with E-state index in [1.165, 1.54) is 16.4 Å². The highest BCUT2D eigenvalue weighted by Gasteiger charge is 2.39. The molecule has 1 saturated heterocycles. The number of aliphatic hydroxyl groups is 1. The van der Waals surface area contributed by atoms with Crippen LogP contribution in [0.5, 0.6) is 0 Å². The third-order valence-electron chi connectivity index (χ3n) is 3.41. The maximum atomic E-state index is 13.2. The topological polar surface area (TPSA) is 66.8 Å². The lowest BCUT2D eigenvalue weighted by Gasteiger charge is -2.41. The molecule has 1 fully saturated rings. The van der Waals surface area contributed by atoms with E-state index >= 15 is 0 Å². The van der Waals surface area contributed by atoms with Crippen molar-refractivity contribution in [1.29, 1.82) is 0 Å². The Labute approximate surface area is 124 Å². The van der Waals surface area contributed by atoms with Crippen LogP contribution in [0.2, 0.25) is 0 Å². The summed E-state index contributed by atoms with van der Waals surface area (Å²) in [4.78, 5) is 0.0817. The van der Waals surface area contributed by atoms with Gasteiger partial charge in [-0.2, -0.15) is 4.31 Å². The molecule has 1 aliphatic rings. The Kier molecular flexibility index (Phi) is 4.39. The minimum atomic E-state index is -3.75. The fraction of sp³-hybridized carbons (Fsp3) is 0.571. The maximum Gasteiger partial charge on any atom is 0.243 e. The van der Waals surface area contributed by atoms with Crippen molar-refractivity contribution >= 4 is 10.0 Å². The molecule has 0 bridgehead atoms. The predicted octanol–water partition coefficient (Wildman–Crippen LogP) is 1.29. The molecule has 5 nitrogen and oxygen atoms in total. The Morgan fingerprint density at radius 1 is 1.48 bits per heavy atom. The van der Waals surface area contributed by atoms with Crippen molar-refractivity contribution < 1.29 is 22.7 Å². The summed E-state index contributed by atoms with van der Waals surface area (Å²) in [7, 11) is -3.75. The molecule has 0 saturated carbocycles. The molecular weight excluding hydrogens is 297 g/mol. The van der Waals surface area contributed by atoms with Crippen molar-refractivity contribution in [1.82, 2.24) is 4.31 Å². The number of aliphatic hydroxyl groups excluding tert-OH is 1. The summed E-state index contributed by atoms with van der Waals surface area (Å²) in [6.45, 7) is 5.12. The van der Waals surface area contributed by atoms with Gasteiger partial charge in [-0.1, -0.05) is 0 Å². The van der Waals surface area contributed by atoms with Crippen LogP contribution in [0.25, 0.3) is 0 Å². The fourth-order valence-electron chi connectivity index (χ4n) is 2.56. The monoisotopic (exact) mass is 317 g/mol. The molecule has 1 aromatic rings. The molecule has 118 valence electrons. The van der Waals surface area contributed by atoms with Crippen molar-refractivity contribution in [3.63, 3.8) is 0 Å². The molecular formula is C14H20FNO4S. The van der Waals surface area contributed by atoms with Crippen LogP contribution in [-0.4, -0.2) is 49.2 Å². The second kappa shape index (κ2) is 5.64. The van der Waals surface area contributed by atoms with Gasteiger partial charge >= 0.3 is 0 Å². The first-order valence-electron chi connectivity index (χ1n) is 6.71. The molecule has 2 rings (SSSR count). The zero-order valence-electron chi connectivity index (χ0n) is 12.3. The van der Waals surface area contributed by atoms with Gasteiger partial charge in [0.05, 0.1) is 23.2 Å². The number of nitrogens with zero attached hydrogens (tertiary/aromatic N) is 1. The Morgan fingerprint density at radius 3 is 2.71 bits per heavy atom. The summed E-state index contributed by atoms with van der Waals surface area (Å²) in [5, 5.41) is 9.27. The van der Waals surface area contributed by atoms with Crippen molar-refractivity contribution in [2.75, 3.05) is 19.7 Å². The summed E-state index contributed by atoms with van der Waals surface area (Å²) in [6.07, 6.45) is -0.565. The molecule has 1 aromatic carbocycles. The van der Waals surface area contributed by atoms with E-state index in [-0.39, 0.29) is 24.6 Å². The summed E-state index contributed by atoms with van der Waals surface area (Å²) in [5.41, 5.74) is -0.327. The SMILES string of the molecule is Cc1cc(F)ccc1S(=O)(=O)N1CC(CO)OC(C)(C)C1. The normalized spacial score (nSPS) is 23.2. The van der Waals surface area contributed by atoms with Gasteiger partial charge < -0.3 is 9.84 Å². The van der Waals surface area contributed by atoms with E-state index < -0.39 is 27.5 Å². The number of sulfonamides is 1. The fourth-order valence-corrected chi connectivity index (χ4v) is 4.39. The summed E-state index contributed by atoms with van der Waals surface area (Å²) < 4.78 is 45.5. The first-order valence-corrected chi connectivity index (χ1v) is 8.15. The van der Waals surface area contributed by atoms with Crippen LogP contribution in [0.15, 0.2) is 23.1 Å².